The van der Waals surface area contributed by atoms with Crippen LogP contribution in [0.25, 0.3) is 11.2 Å². The van der Waals surface area contributed by atoms with E-state index in [-0.39, 0.29) is 30.2 Å². The molecule has 2 aromatic heterocycles. The molecule has 0 radical (unpaired) electrons. The van der Waals surface area contributed by atoms with Gasteiger partial charge in [0.05, 0.1) is 6.33 Å². The largest absolute Gasteiger partial charge is 0.332 e. The van der Waals surface area contributed by atoms with Gasteiger partial charge < -0.3 is 15.2 Å². The molecule has 0 aliphatic rings. The number of aromatic nitrogens is 4. The van der Waals surface area contributed by atoms with E-state index < -0.39 is 11.2 Å². The van der Waals surface area contributed by atoms with E-state index in [1.165, 1.54) is 34.5 Å². The third-order valence-electron chi connectivity index (χ3n) is 4.30. The molecule has 0 atom stereocenters. The van der Waals surface area contributed by atoms with Crippen LogP contribution < -0.4 is 21.9 Å². The zero-order valence-corrected chi connectivity index (χ0v) is 15.7. The first kappa shape index (κ1) is 18.9. The fourth-order valence-corrected chi connectivity index (χ4v) is 3.10. The summed E-state index contributed by atoms with van der Waals surface area (Å²) in [5, 5.41) is 0.499. The van der Waals surface area contributed by atoms with Crippen LogP contribution in [-0.2, 0) is 25.4 Å². The number of amides is 1. The average molecular weight is 391 g/mol. The Balaban J connectivity index is 2.02. The minimum Gasteiger partial charge on any atom is -0.329 e. The molecule has 0 unspecified atom stereocenters. The van der Waals surface area contributed by atoms with Gasteiger partial charge in [-0.05, 0) is 18.2 Å². The van der Waals surface area contributed by atoms with Gasteiger partial charge in [0.1, 0.15) is 6.54 Å². The van der Waals surface area contributed by atoms with Crippen molar-refractivity contribution in [3.8, 4) is 0 Å². The van der Waals surface area contributed by atoms with Crippen LogP contribution in [-0.4, -0.2) is 37.7 Å². The number of benzene rings is 1. The van der Waals surface area contributed by atoms with Crippen LogP contribution in [0.2, 0.25) is 5.02 Å². The summed E-state index contributed by atoms with van der Waals surface area (Å²) in [7, 11) is 2.91. The average Bonchev–Trinajstić information content (AvgIpc) is 3.06. The number of aryl methyl sites for hydroxylation is 1. The number of hydrogen-bond donors (Lipinski definition) is 1. The van der Waals surface area contributed by atoms with Crippen molar-refractivity contribution < 1.29 is 4.79 Å². The maximum Gasteiger partial charge on any atom is 0.332 e. The molecule has 0 fully saturated rings. The van der Waals surface area contributed by atoms with E-state index in [1.54, 1.807) is 24.3 Å². The van der Waals surface area contributed by atoms with Crippen molar-refractivity contribution in [2.45, 2.75) is 6.54 Å². The van der Waals surface area contributed by atoms with Crippen LogP contribution in [0.1, 0.15) is 0 Å². The summed E-state index contributed by atoms with van der Waals surface area (Å²) < 4.78 is 3.69. The second-order valence-corrected chi connectivity index (χ2v) is 6.50. The van der Waals surface area contributed by atoms with Gasteiger partial charge in [-0.1, -0.05) is 17.7 Å². The van der Waals surface area contributed by atoms with Gasteiger partial charge in [0.15, 0.2) is 11.2 Å². The molecule has 1 aromatic carbocycles. The molecule has 1 amide bonds. The van der Waals surface area contributed by atoms with Gasteiger partial charge in [0.25, 0.3) is 5.56 Å². The first-order valence-corrected chi connectivity index (χ1v) is 8.59. The SMILES string of the molecule is Cn1c(=O)c2c(ncn2CC(=O)N(CCN)c2cccc(Cl)c2)n(C)c1=O. The number of carbonyl (C=O) groups is 1. The fourth-order valence-electron chi connectivity index (χ4n) is 2.92. The summed E-state index contributed by atoms with van der Waals surface area (Å²) in [6, 6.07) is 6.88. The Labute approximate surface area is 159 Å². The molecule has 0 aliphatic carbocycles. The highest BCUT2D eigenvalue weighted by Gasteiger charge is 2.20. The van der Waals surface area contributed by atoms with Crippen LogP contribution in [0.5, 0.6) is 0 Å². The molecule has 2 heterocycles. The molecule has 0 saturated carbocycles. The minimum absolute atomic E-state index is 0.129. The Bertz CT molecular complexity index is 1130. The molecule has 0 aliphatic heterocycles. The molecular formula is C17H19ClN6O3. The predicted molar refractivity (Wildman–Crippen MR) is 103 cm³/mol. The number of hydrogen-bond acceptors (Lipinski definition) is 5. The summed E-state index contributed by atoms with van der Waals surface area (Å²) in [5.74, 6) is -0.280. The number of rotatable bonds is 5. The second-order valence-electron chi connectivity index (χ2n) is 6.06. The number of imidazole rings is 1. The number of halogens is 1. The molecule has 2 N–H and O–H groups in total. The van der Waals surface area contributed by atoms with Crippen molar-refractivity contribution in [3.05, 3.63) is 56.5 Å². The van der Waals surface area contributed by atoms with Gasteiger partial charge in [-0.15, -0.1) is 0 Å². The van der Waals surface area contributed by atoms with E-state index in [4.69, 9.17) is 17.3 Å². The van der Waals surface area contributed by atoms with Crippen molar-refractivity contribution in [1.29, 1.82) is 0 Å². The molecule has 3 aromatic rings. The Morgan fingerprint density at radius 1 is 1.26 bits per heavy atom. The number of anilines is 1. The van der Waals surface area contributed by atoms with Crippen LogP contribution >= 0.6 is 11.6 Å². The van der Waals surface area contributed by atoms with E-state index in [9.17, 15) is 14.4 Å². The van der Waals surface area contributed by atoms with Gasteiger partial charge in [0.2, 0.25) is 5.91 Å². The Morgan fingerprint density at radius 3 is 2.67 bits per heavy atom. The summed E-state index contributed by atoms with van der Waals surface area (Å²) in [6.07, 6.45) is 1.38. The first-order chi connectivity index (χ1) is 12.8. The highest BCUT2D eigenvalue weighted by molar-refractivity contribution is 6.30. The van der Waals surface area contributed by atoms with E-state index in [2.05, 4.69) is 4.98 Å². The Morgan fingerprint density at radius 2 is 2.00 bits per heavy atom. The van der Waals surface area contributed by atoms with Crippen LogP contribution in [0.15, 0.2) is 40.2 Å². The second kappa shape index (κ2) is 7.37. The number of nitrogens with zero attached hydrogens (tertiary/aromatic N) is 5. The van der Waals surface area contributed by atoms with Crippen molar-refractivity contribution in [2.75, 3.05) is 18.0 Å². The summed E-state index contributed by atoms with van der Waals surface area (Å²) in [5.41, 5.74) is 5.69. The van der Waals surface area contributed by atoms with E-state index in [1.807, 2.05) is 0 Å². The topological polar surface area (TPSA) is 108 Å². The molecule has 3 rings (SSSR count). The highest BCUT2D eigenvalue weighted by Crippen LogP contribution is 2.20. The molecule has 0 bridgehead atoms. The minimum atomic E-state index is -0.508. The summed E-state index contributed by atoms with van der Waals surface area (Å²) >= 11 is 6.02. The molecule has 9 nitrogen and oxygen atoms in total. The predicted octanol–water partition coefficient (Wildman–Crippen LogP) is 0.0790. The van der Waals surface area contributed by atoms with Gasteiger partial charge >= 0.3 is 5.69 Å². The zero-order chi connectivity index (χ0) is 19.7. The van der Waals surface area contributed by atoms with Crippen LogP contribution in [0.4, 0.5) is 5.69 Å². The van der Waals surface area contributed by atoms with Crippen LogP contribution in [0, 0.1) is 0 Å². The third-order valence-corrected chi connectivity index (χ3v) is 4.53. The normalized spacial score (nSPS) is 11.1. The standard InChI is InChI=1S/C17H19ClN6O3/c1-21-15-14(16(26)22(2)17(21)27)23(10-20-15)9-13(25)24(7-6-19)12-5-3-4-11(18)8-12/h3-5,8,10H,6-7,9,19H2,1-2H3. The van der Waals surface area contributed by atoms with E-state index in [0.717, 1.165) is 4.57 Å². The molecule has 0 spiro atoms. The lowest BCUT2D eigenvalue weighted by Gasteiger charge is -2.22. The Kier molecular flexibility index (Phi) is 5.15. The lowest BCUT2D eigenvalue weighted by atomic mass is 10.2. The first-order valence-electron chi connectivity index (χ1n) is 8.22. The van der Waals surface area contributed by atoms with Gasteiger partial charge in [-0.3, -0.25) is 18.7 Å². The molecule has 10 heteroatoms. The number of fused-ring (bicyclic) bond motifs is 1. The maximum absolute atomic E-state index is 12.9. The van der Waals surface area contributed by atoms with Crippen molar-refractivity contribution >= 4 is 34.4 Å². The van der Waals surface area contributed by atoms with Gasteiger partial charge in [0, 0.05) is 37.9 Å². The van der Waals surface area contributed by atoms with Crippen LogP contribution in [0.3, 0.4) is 0 Å². The van der Waals surface area contributed by atoms with Crippen molar-refractivity contribution in [3.63, 3.8) is 0 Å². The molecular weight excluding hydrogens is 372 g/mol. The lowest BCUT2D eigenvalue weighted by Crippen LogP contribution is -2.39. The third kappa shape index (κ3) is 3.38. The van der Waals surface area contributed by atoms with E-state index in [0.29, 0.717) is 17.3 Å². The monoisotopic (exact) mass is 390 g/mol. The van der Waals surface area contributed by atoms with Gasteiger partial charge in [-0.2, -0.15) is 0 Å². The highest BCUT2D eigenvalue weighted by atomic mass is 35.5. The molecule has 0 saturated heterocycles. The molecule has 27 heavy (non-hydrogen) atoms. The van der Waals surface area contributed by atoms with Gasteiger partial charge in [-0.25, -0.2) is 9.78 Å². The Hall–Kier alpha value is -2.91. The smallest absolute Gasteiger partial charge is 0.329 e. The zero-order valence-electron chi connectivity index (χ0n) is 14.9. The quantitative estimate of drug-likeness (QED) is 0.663. The lowest BCUT2D eigenvalue weighted by molar-refractivity contribution is -0.119. The maximum atomic E-state index is 12.9. The summed E-state index contributed by atoms with van der Waals surface area (Å²) in [4.78, 5) is 43.1. The van der Waals surface area contributed by atoms with E-state index >= 15 is 0 Å². The molecule has 142 valence electrons. The van der Waals surface area contributed by atoms with Crippen molar-refractivity contribution in [2.24, 2.45) is 19.8 Å². The number of nitrogens with two attached hydrogens (primary N) is 1. The summed E-state index contributed by atoms with van der Waals surface area (Å²) in [6.45, 7) is 0.429. The fraction of sp³-hybridized carbons (Fsp3) is 0.294. The van der Waals surface area contributed by atoms with Crippen molar-refractivity contribution in [1.82, 2.24) is 18.7 Å². The number of carbonyl (C=O) groups excluding carboxylic acids is 1.